The zero-order valence-electron chi connectivity index (χ0n) is 11.3. The molecule has 1 unspecified atom stereocenters. The quantitative estimate of drug-likeness (QED) is 0.877. The molecule has 2 aromatic rings. The van der Waals surface area contributed by atoms with Crippen molar-refractivity contribution in [3.05, 3.63) is 46.8 Å². The molecule has 1 aromatic carbocycles. The zero-order chi connectivity index (χ0) is 14.8. The number of nitrogens with one attached hydrogen (secondary N) is 1. The normalized spacial score (nSPS) is 13.2. The highest BCUT2D eigenvalue weighted by molar-refractivity contribution is 9.10. The van der Waals surface area contributed by atoms with Gasteiger partial charge in [0.1, 0.15) is 5.76 Å². The molecule has 0 amide bonds. The van der Waals surface area contributed by atoms with Gasteiger partial charge >= 0.3 is 0 Å². The predicted molar refractivity (Wildman–Crippen MR) is 82.6 cm³/mol. The number of rotatable bonds is 5. The Morgan fingerprint density at radius 1 is 1.25 bits per heavy atom. The van der Waals surface area contributed by atoms with Gasteiger partial charge in [0.2, 0.25) is 0 Å². The average molecular weight is 358 g/mol. The average Bonchev–Trinajstić information content (AvgIpc) is 2.86. The fraction of sp³-hybridized carbons (Fsp3) is 0.286. The van der Waals surface area contributed by atoms with Gasteiger partial charge in [0.05, 0.1) is 22.4 Å². The molecule has 0 spiro atoms. The molecule has 1 heterocycles. The minimum absolute atomic E-state index is 0.0758. The van der Waals surface area contributed by atoms with E-state index in [1.165, 1.54) is 0 Å². The number of hydrogen-bond acceptors (Lipinski definition) is 4. The minimum atomic E-state index is -3.25. The molecule has 20 heavy (non-hydrogen) atoms. The molecule has 6 heteroatoms. The lowest BCUT2D eigenvalue weighted by Gasteiger charge is -2.16. The van der Waals surface area contributed by atoms with Crippen LogP contribution in [0.1, 0.15) is 25.6 Å². The first-order valence-electron chi connectivity index (χ1n) is 6.27. The second kappa shape index (κ2) is 6.01. The van der Waals surface area contributed by atoms with Gasteiger partial charge in [0.15, 0.2) is 14.5 Å². The molecule has 4 nitrogen and oxygen atoms in total. The van der Waals surface area contributed by atoms with Gasteiger partial charge in [-0.05, 0) is 47.1 Å². The Kier molecular flexibility index (Phi) is 4.55. The number of hydrogen-bond donors (Lipinski definition) is 1. The lowest BCUT2D eigenvalue weighted by atomic mass is 10.2. The van der Waals surface area contributed by atoms with Crippen LogP contribution in [0.4, 0.5) is 5.69 Å². The fourth-order valence-corrected chi connectivity index (χ4v) is 3.26. The highest BCUT2D eigenvalue weighted by atomic mass is 79.9. The van der Waals surface area contributed by atoms with Gasteiger partial charge in [-0.1, -0.05) is 19.1 Å². The summed E-state index contributed by atoms with van der Waals surface area (Å²) in [6.45, 7) is 3.56. The smallest absolute Gasteiger partial charge is 0.180 e. The van der Waals surface area contributed by atoms with Crippen LogP contribution in [-0.2, 0) is 9.84 Å². The van der Waals surface area contributed by atoms with Gasteiger partial charge in [-0.2, -0.15) is 0 Å². The molecule has 1 aromatic heterocycles. The van der Waals surface area contributed by atoms with E-state index in [0.29, 0.717) is 15.3 Å². The first-order chi connectivity index (χ1) is 9.44. The first kappa shape index (κ1) is 15.1. The van der Waals surface area contributed by atoms with Crippen LogP contribution in [0.5, 0.6) is 0 Å². The van der Waals surface area contributed by atoms with Gasteiger partial charge in [0.25, 0.3) is 0 Å². The van der Waals surface area contributed by atoms with E-state index in [1.54, 1.807) is 25.1 Å². The van der Waals surface area contributed by atoms with Crippen LogP contribution in [0.3, 0.4) is 0 Å². The van der Waals surface area contributed by atoms with Gasteiger partial charge < -0.3 is 9.73 Å². The van der Waals surface area contributed by atoms with Crippen molar-refractivity contribution < 1.29 is 12.8 Å². The molecule has 0 aliphatic heterocycles. The van der Waals surface area contributed by atoms with Crippen LogP contribution in [0.15, 0.2) is 50.4 Å². The highest BCUT2D eigenvalue weighted by Crippen LogP contribution is 2.28. The van der Waals surface area contributed by atoms with Crippen LogP contribution in [0, 0.1) is 0 Å². The van der Waals surface area contributed by atoms with Crippen LogP contribution in [0.2, 0.25) is 0 Å². The van der Waals surface area contributed by atoms with E-state index < -0.39 is 9.84 Å². The number of anilines is 1. The number of halogens is 1. The molecular weight excluding hydrogens is 342 g/mol. The van der Waals surface area contributed by atoms with Crippen LogP contribution in [-0.4, -0.2) is 14.2 Å². The summed E-state index contributed by atoms with van der Waals surface area (Å²) < 4.78 is 30.3. The third kappa shape index (κ3) is 3.24. The highest BCUT2D eigenvalue weighted by Gasteiger charge is 2.18. The molecular formula is C14H16BrNO3S. The molecule has 0 fully saturated rings. The van der Waals surface area contributed by atoms with Gasteiger partial charge in [-0.25, -0.2) is 8.42 Å². The van der Waals surface area contributed by atoms with E-state index in [1.807, 2.05) is 25.1 Å². The van der Waals surface area contributed by atoms with Crippen molar-refractivity contribution in [3.8, 4) is 0 Å². The monoisotopic (exact) mass is 357 g/mol. The lowest BCUT2D eigenvalue weighted by molar-refractivity contribution is 0.470. The summed E-state index contributed by atoms with van der Waals surface area (Å²) in [6, 6.07) is 10.4. The summed E-state index contributed by atoms with van der Waals surface area (Å²) in [7, 11) is -3.25. The van der Waals surface area contributed by atoms with E-state index in [4.69, 9.17) is 4.42 Å². The zero-order valence-corrected chi connectivity index (χ0v) is 13.7. The molecule has 1 atom stereocenters. The predicted octanol–water partition coefficient (Wildman–Crippen LogP) is 4.01. The third-order valence-electron chi connectivity index (χ3n) is 2.99. The molecule has 0 radical (unpaired) electrons. The van der Waals surface area contributed by atoms with Gasteiger partial charge in [0, 0.05) is 0 Å². The summed E-state index contributed by atoms with van der Waals surface area (Å²) in [6.07, 6.45) is 0. The maximum Gasteiger partial charge on any atom is 0.180 e. The van der Waals surface area contributed by atoms with E-state index >= 15 is 0 Å². The number of furan rings is 1. The Bertz CT molecular complexity index is 694. The Morgan fingerprint density at radius 3 is 2.55 bits per heavy atom. The van der Waals surface area contributed by atoms with Crippen LogP contribution >= 0.6 is 15.9 Å². The number of benzene rings is 1. The second-order valence-electron chi connectivity index (χ2n) is 4.41. The van der Waals surface area contributed by atoms with E-state index in [2.05, 4.69) is 21.2 Å². The number of para-hydroxylation sites is 1. The molecule has 108 valence electrons. The molecule has 0 aliphatic carbocycles. The molecule has 0 aliphatic rings. The van der Waals surface area contributed by atoms with Crippen molar-refractivity contribution in [1.82, 2.24) is 0 Å². The topological polar surface area (TPSA) is 59.3 Å². The Morgan fingerprint density at radius 2 is 1.95 bits per heavy atom. The number of sulfone groups is 1. The van der Waals surface area contributed by atoms with Crippen molar-refractivity contribution in [2.24, 2.45) is 0 Å². The second-order valence-corrected chi connectivity index (χ2v) is 7.44. The van der Waals surface area contributed by atoms with Crippen molar-refractivity contribution >= 4 is 31.5 Å². The first-order valence-corrected chi connectivity index (χ1v) is 8.72. The van der Waals surface area contributed by atoms with Crippen molar-refractivity contribution in [1.29, 1.82) is 0 Å². The molecule has 2 rings (SSSR count). The summed E-state index contributed by atoms with van der Waals surface area (Å²) in [5.74, 6) is 0.812. The fourth-order valence-electron chi connectivity index (χ4n) is 1.88. The van der Waals surface area contributed by atoms with Gasteiger partial charge in [-0.15, -0.1) is 0 Å². The third-order valence-corrected chi connectivity index (χ3v) is 5.21. The van der Waals surface area contributed by atoms with Crippen LogP contribution in [0.25, 0.3) is 0 Å². The van der Waals surface area contributed by atoms with Crippen molar-refractivity contribution in [3.63, 3.8) is 0 Å². The molecule has 0 saturated carbocycles. The Labute approximate surface area is 127 Å². The van der Waals surface area contributed by atoms with E-state index in [9.17, 15) is 8.42 Å². The van der Waals surface area contributed by atoms with Crippen LogP contribution < -0.4 is 5.32 Å². The summed E-state index contributed by atoms with van der Waals surface area (Å²) in [4.78, 5) is 0.319. The largest absolute Gasteiger partial charge is 0.452 e. The van der Waals surface area contributed by atoms with E-state index in [0.717, 1.165) is 5.76 Å². The Hall–Kier alpha value is -1.27. The molecule has 1 N–H and O–H groups in total. The summed E-state index contributed by atoms with van der Waals surface area (Å²) >= 11 is 3.25. The Balaban J connectivity index is 2.30. The van der Waals surface area contributed by atoms with Gasteiger partial charge in [-0.3, -0.25) is 0 Å². The van der Waals surface area contributed by atoms with Crippen molar-refractivity contribution in [2.45, 2.75) is 24.8 Å². The maximum absolute atomic E-state index is 12.1. The minimum Gasteiger partial charge on any atom is -0.452 e. The van der Waals surface area contributed by atoms with E-state index in [-0.39, 0.29) is 11.8 Å². The summed E-state index contributed by atoms with van der Waals surface area (Å²) in [5, 5.41) is 3.19. The SMILES string of the molecule is CCS(=O)(=O)c1ccccc1NC(C)c1ccc(Br)o1. The standard InChI is InChI=1S/C14H16BrNO3S/c1-3-20(17,18)13-7-5-4-6-11(13)16-10(2)12-8-9-14(15)19-12/h4-10,16H,3H2,1-2H3. The summed E-state index contributed by atoms with van der Waals surface area (Å²) in [5.41, 5.74) is 0.592. The lowest BCUT2D eigenvalue weighted by Crippen LogP contribution is -2.11. The molecule has 0 bridgehead atoms. The molecule has 0 saturated heterocycles. The van der Waals surface area contributed by atoms with Crippen molar-refractivity contribution in [2.75, 3.05) is 11.1 Å². The maximum atomic E-state index is 12.1.